The third-order valence-corrected chi connectivity index (χ3v) is 6.78. The lowest BCUT2D eigenvalue weighted by Crippen LogP contribution is -2.31. The molecule has 7 nitrogen and oxygen atoms in total. The number of hydrogen-bond donors (Lipinski definition) is 0. The Bertz CT molecular complexity index is 1370. The maximum atomic E-state index is 12.4. The van der Waals surface area contributed by atoms with Gasteiger partial charge in [-0.25, -0.2) is 9.80 Å². The summed E-state index contributed by atoms with van der Waals surface area (Å²) in [5.74, 6) is -1.62. The van der Waals surface area contributed by atoms with Crippen molar-refractivity contribution in [2.75, 3.05) is 9.80 Å². The van der Waals surface area contributed by atoms with Crippen LogP contribution >= 0.6 is 0 Å². The first-order valence-corrected chi connectivity index (χ1v) is 11.9. The molecule has 0 radical (unpaired) electrons. The van der Waals surface area contributed by atoms with E-state index >= 15 is 0 Å². The van der Waals surface area contributed by atoms with Crippen molar-refractivity contribution in [1.29, 1.82) is 0 Å². The number of anilines is 2. The number of imide groups is 2. The fourth-order valence-electron chi connectivity index (χ4n) is 5.38. The number of aryl methyl sites for hydroxylation is 4. The van der Waals surface area contributed by atoms with Gasteiger partial charge in [-0.15, -0.1) is 0 Å². The minimum Gasteiger partial charge on any atom is -0.269 e. The van der Waals surface area contributed by atoms with E-state index in [1.165, 1.54) is 34.1 Å². The van der Waals surface area contributed by atoms with E-state index in [2.05, 4.69) is 4.98 Å². The van der Waals surface area contributed by atoms with Crippen LogP contribution in [0.25, 0.3) is 0 Å². The molecular formula is C30H25N3O4. The Morgan fingerprint density at radius 3 is 1.30 bits per heavy atom. The second-order valence-electron chi connectivity index (χ2n) is 9.42. The molecule has 37 heavy (non-hydrogen) atoms. The maximum Gasteiger partial charge on any atom is 0.258 e. The highest BCUT2D eigenvalue weighted by Crippen LogP contribution is 2.39. The highest BCUT2D eigenvalue weighted by molar-refractivity contribution is 6.29. The molecule has 2 aliphatic rings. The molecule has 2 aromatic carbocycles. The highest BCUT2D eigenvalue weighted by Gasteiger charge is 2.31. The van der Waals surface area contributed by atoms with Gasteiger partial charge in [-0.3, -0.25) is 24.2 Å². The lowest BCUT2D eigenvalue weighted by atomic mass is 9.82. The molecule has 0 N–H and O–H groups in total. The summed E-state index contributed by atoms with van der Waals surface area (Å²) >= 11 is 0. The van der Waals surface area contributed by atoms with E-state index in [1.807, 2.05) is 70.3 Å². The zero-order valence-electron chi connectivity index (χ0n) is 21.0. The number of nitrogens with zero attached hydrogens (tertiary/aromatic N) is 3. The molecule has 2 aliphatic heterocycles. The van der Waals surface area contributed by atoms with Crippen LogP contribution in [0.3, 0.4) is 0 Å². The summed E-state index contributed by atoms with van der Waals surface area (Å²) in [4.78, 5) is 56.2. The molecule has 0 bridgehead atoms. The van der Waals surface area contributed by atoms with Crippen LogP contribution in [0.1, 0.15) is 44.9 Å². The first-order chi connectivity index (χ1) is 17.7. The Hall–Kier alpha value is -4.65. The average molecular weight is 492 g/mol. The minimum atomic E-state index is -0.352. The molecule has 5 rings (SSSR count). The van der Waals surface area contributed by atoms with E-state index in [4.69, 9.17) is 0 Å². The number of aromatic nitrogens is 1. The Kier molecular flexibility index (Phi) is 5.91. The Morgan fingerprint density at radius 1 is 0.595 bits per heavy atom. The predicted octanol–water partition coefficient (Wildman–Crippen LogP) is 4.35. The van der Waals surface area contributed by atoms with Crippen molar-refractivity contribution in [3.63, 3.8) is 0 Å². The van der Waals surface area contributed by atoms with Crippen LogP contribution in [0.4, 0.5) is 11.4 Å². The van der Waals surface area contributed by atoms with Crippen molar-refractivity contribution < 1.29 is 19.2 Å². The second-order valence-corrected chi connectivity index (χ2v) is 9.42. The highest BCUT2D eigenvalue weighted by atomic mass is 16.2. The van der Waals surface area contributed by atoms with Crippen LogP contribution in [-0.2, 0) is 19.2 Å². The predicted molar refractivity (Wildman–Crippen MR) is 140 cm³/mol. The normalized spacial score (nSPS) is 15.2. The first kappa shape index (κ1) is 24.1. The molecule has 1 aromatic heterocycles. The zero-order chi connectivity index (χ0) is 26.4. The van der Waals surface area contributed by atoms with Crippen molar-refractivity contribution in [3.05, 3.63) is 112 Å². The second kappa shape index (κ2) is 9.09. The fraction of sp³-hybridized carbons (Fsp3) is 0.167. The van der Waals surface area contributed by atoms with Gasteiger partial charge < -0.3 is 0 Å². The van der Waals surface area contributed by atoms with Gasteiger partial charge in [0.05, 0.1) is 11.4 Å². The van der Waals surface area contributed by atoms with Crippen LogP contribution in [0, 0.1) is 27.7 Å². The molecule has 0 spiro atoms. The number of pyridine rings is 1. The summed E-state index contributed by atoms with van der Waals surface area (Å²) in [7, 11) is 0. The number of rotatable bonds is 5. The van der Waals surface area contributed by atoms with Gasteiger partial charge in [0.25, 0.3) is 23.6 Å². The van der Waals surface area contributed by atoms with Gasteiger partial charge in [-0.1, -0.05) is 30.3 Å². The molecule has 3 heterocycles. The summed E-state index contributed by atoms with van der Waals surface area (Å²) in [6.45, 7) is 7.56. The van der Waals surface area contributed by atoms with Gasteiger partial charge in [0.1, 0.15) is 0 Å². The van der Waals surface area contributed by atoms with E-state index in [9.17, 15) is 19.2 Å². The SMILES string of the molecule is Cc1cc(C(c2cccnc2)c2cc(C)c(N3C(=O)C=CC3=O)c(C)c2)cc(C)c1N1C(=O)C=CC1=O. The Labute approximate surface area is 214 Å². The van der Waals surface area contributed by atoms with Crippen LogP contribution in [0.2, 0.25) is 0 Å². The molecule has 0 saturated carbocycles. The van der Waals surface area contributed by atoms with Crippen molar-refractivity contribution in [2.24, 2.45) is 0 Å². The number of amides is 4. The monoisotopic (exact) mass is 491 g/mol. The quantitative estimate of drug-likeness (QED) is 0.495. The molecule has 0 aliphatic carbocycles. The van der Waals surface area contributed by atoms with Crippen molar-refractivity contribution in [1.82, 2.24) is 4.98 Å². The molecule has 0 saturated heterocycles. The fourth-order valence-corrected chi connectivity index (χ4v) is 5.38. The number of carbonyl (C=O) groups is 4. The van der Waals surface area contributed by atoms with E-state index in [0.29, 0.717) is 11.4 Å². The third kappa shape index (κ3) is 4.08. The largest absolute Gasteiger partial charge is 0.269 e. The summed E-state index contributed by atoms with van der Waals surface area (Å²) in [5, 5.41) is 0. The first-order valence-electron chi connectivity index (χ1n) is 11.9. The molecule has 0 atom stereocenters. The number of benzene rings is 2. The molecule has 0 unspecified atom stereocenters. The van der Waals surface area contributed by atoms with Gasteiger partial charge in [-0.2, -0.15) is 0 Å². The number of carbonyl (C=O) groups excluding carboxylic acids is 4. The lowest BCUT2D eigenvalue weighted by Gasteiger charge is -2.26. The van der Waals surface area contributed by atoms with Gasteiger partial charge >= 0.3 is 0 Å². The van der Waals surface area contributed by atoms with Gasteiger partial charge in [0, 0.05) is 42.6 Å². The molecule has 0 fully saturated rings. The topological polar surface area (TPSA) is 87.7 Å². The molecule has 4 amide bonds. The smallest absolute Gasteiger partial charge is 0.258 e. The summed E-state index contributed by atoms with van der Waals surface area (Å²) in [6, 6.07) is 11.9. The molecular weight excluding hydrogens is 466 g/mol. The molecule has 7 heteroatoms. The van der Waals surface area contributed by atoms with E-state index in [0.717, 1.165) is 38.9 Å². The van der Waals surface area contributed by atoms with Crippen LogP contribution in [0.5, 0.6) is 0 Å². The standard InChI is InChI=1S/C30H25N3O4/c1-17-12-22(13-18(2)29(17)32-24(34)7-8-25(32)35)28(21-6-5-11-31-16-21)23-14-19(3)30(20(4)15-23)33-26(36)9-10-27(33)37/h5-16,28H,1-4H3. The van der Waals surface area contributed by atoms with E-state index in [1.54, 1.807) is 6.20 Å². The summed E-state index contributed by atoms with van der Waals surface area (Å²) in [5.41, 5.74) is 7.31. The average Bonchev–Trinajstić information content (AvgIpc) is 3.35. The summed E-state index contributed by atoms with van der Waals surface area (Å²) < 4.78 is 0. The number of hydrogen-bond acceptors (Lipinski definition) is 5. The van der Waals surface area contributed by atoms with Crippen molar-refractivity contribution in [2.45, 2.75) is 33.6 Å². The van der Waals surface area contributed by atoms with E-state index < -0.39 is 0 Å². The summed E-state index contributed by atoms with van der Waals surface area (Å²) in [6.07, 6.45) is 8.67. The Morgan fingerprint density at radius 2 is 0.973 bits per heavy atom. The minimum absolute atomic E-state index is 0.210. The third-order valence-electron chi connectivity index (χ3n) is 6.78. The molecule has 184 valence electrons. The van der Waals surface area contributed by atoms with E-state index in [-0.39, 0.29) is 29.5 Å². The van der Waals surface area contributed by atoms with Crippen molar-refractivity contribution in [3.8, 4) is 0 Å². The maximum absolute atomic E-state index is 12.4. The van der Waals surface area contributed by atoms with Crippen LogP contribution in [-0.4, -0.2) is 28.6 Å². The zero-order valence-corrected chi connectivity index (χ0v) is 21.0. The van der Waals surface area contributed by atoms with Gasteiger partial charge in [0.2, 0.25) is 0 Å². The Balaban J connectivity index is 1.64. The van der Waals surface area contributed by atoms with Gasteiger partial charge in [-0.05, 0) is 72.7 Å². The van der Waals surface area contributed by atoms with Gasteiger partial charge in [0.15, 0.2) is 0 Å². The molecule has 3 aromatic rings. The lowest BCUT2D eigenvalue weighted by molar-refractivity contribution is -0.121. The van der Waals surface area contributed by atoms with Crippen molar-refractivity contribution >= 4 is 35.0 Å². The van der Waals surface area contributed by atoms with Crippen LogP contribution < -0.4 is 9.80 Å². The van der Waals surface area contributed by atoms with Crippen LogP contribution in [0.15, 0.2) is 73.1 Å².